The molecule has 2 unspecified atom stereocenters. The maximum atomic E-state index is 14.0. The summed E-state index contributed by atoms with van der Waals surface area (Å²) < 4.78 is 6.46. The summed E-state index contributed by atoms with van der Waals surface area (Å²) in [7, 11) is 0. The van der Waals surface area contributed by atoms with Gasteiger partial charge < -0.3 is 9.22 Å². The quantitative estimate of drug-likeness (QED) is 0.429. The molecule has 2 atom stereocenters. The Balaban J connectivity index is 1.62. The van der Waals surface area contributed by atoms with Crippen molar-refractivity contribution < 1.29 is 18.8 Å². The van der Waals surface area contributed by atoms with Crippen LogP contribution in [0.2, 0.25) is 0 Å². The van der Waals surface area contributed by atoms with Gasteiger partial charge in [0.25, 0.3) is 0 Å². The van der Waals surface area contributed by atoms with Crippen molar-refractivity contribution in [1.82, 2.24) is 0 Å². The van der Waals surface area contributed by atoms with Gasteiger partial charge in [-0.1, -0.05) is 91.0 Å². The van der Waals surface area contributed by atoms with Gasteiger partial charge >= 0.3 is 0 Å². The molecule has 0 aromatic heterocycles. The van der Waals surface area contributed by atoms with E-state index < -0.39 is 0 Å². The van der Waals surface area contributed by atoms with Crippen molar-refractivity contribution in [3.05, 3.63) is 108 Å². The fourth-order valence-corrected chi connectivity index (χ4v) is 5.78. The van der Waals surface area contributed by atoms with Gasteiger partial charge in [0.1, 0.15) is 13.1 Å². The Hall–Kier alpha value is -3.08. The van der Waals surface area contributed by atoms with Crippen LogP contribution in [0, 0.1) is 11.8 Å². The molecule has 33 heavy (non-hydrogen) atoms. The highest BCUT2D eigenvalue weighted by Gasteiger charge is 2.52. The number of ketones is 2. The first kappa shape index (κ1) is 21.7. The minimum atomic E-state index is -0.265. The zero-order chi connectivity index (χ0) is 22.7. The van der Waals surface area contributed by atoms with E-state index in [-0.39, 0.29) is 29.3 Å². The van der Waals surface area contributed by atoms with Gasteiger partial charge in [-0.15, -0.1) is 0 Å². The largest absolute Gasteiger partial charge is 0.370 e. The molecular formula is C29H30NO3+. The molecule has 0 saturated carbocycles. The highest BCUT2D eigenvalue weighted by atomic mass is 16.5. The van der Waals surface area contributed by atoms with Crippen LogP contribution in [0.3, 0.4) is 0 Å². The molecule has 3 aromatic rings. The predicted molar refractivity (Wildman–Crippen MR) is 128 cm³/mol. The van der Waals surface area contributed by atoms with Gasteiger partial charge in [-0.05, 0) is 5.56 Å². The molecule has 2 aliphatic rings. The first-order valence-corrected chi connectivity index (χ1v) is 11.8. The van der Waals surface area contributed by atoms with E-state index in [0.29, 0.717) is 13.2 Å². The summed E-state index contributed by atoms with van der Waals surface area (Å²) in [5, 5.41) is 0. The van der Waals surface area contributed by atoms with E-state index in [1.165, 1.54) is 0 Å². The van der Waals surface area contributed by atoms with E-state index in [1.807, 2.05) is 78.9 Å². The number of piperidine rings is 1. The lowest BCUT2D eigenvalue weighted by Gasteiger charge is -2.51. The molecule has 0 bridgehead atoms. The number of hydrogen-bond acceptors (Lipinski definition) is 3. The normalized spacial score (nSPS) is 24.3. The Morgan fingerprint density at radius 1 is 0.636 bits per heavy atom. The van der Waals surface area contributed by atoms with Crippen LogP contribution >= 0.6 is 0 Å². The minimum absolute atomic E-state index is 0.138. The highest BCUT2D eigenvalue weighted by Crippen LogP contribution is 2.43. The predicted octanol–water partition coefficient (Wildman–Crippen LogP) is 4.63. The summed E-state index contributed by atoms with van der Waals surface area (Å²) in [6.45, 7) is 4.53. The first-order chi connectivity index (χ1) is 16.2. The topological polar surface area (TPSA) is 43.4 Å². The second kappa shape index (κ2) is 9.42. The molecule has 0 N–H and O–H groups in total. The van der Waals surface area contributed by atoms with Gasteiger partial charge in [-0.2, -0.15) is 0 Å². The van der Waals surface area contributed by atoms with Crippen LogP contribution in [0.1, 0.15) is 32.2 Å². The van der Waals surface area contributed by atoms with Gasteiger partial charge in [-0.3, -0.25) is 9.59 Å². The molecule has 1 spiro atoms. The van der Waals surface area contributed by atoms with Gasteiger partial charge in [-0.25, -0.2) is 0 Å². The number of hydrogen-bond donors (Lipinski definition) is 0. The van der Waals surface area contributed by atoms with E-state index >= 15 is 0 Å². The van der Waals surface area contributed by atoms with Crippen LogP contribution < -0.4 is 0 Å². The average molecular weight is 441 g/mol. The van der Waals surface area contributed by atoms with Crippen LogP contribution in [0.4, 0.5) is 0 Å². The summed E-state index contributed by atoms with van der Waals surface area (Å²) in [6, 6.07) is 29.3. The van der Waals surface area contributed by atoms with Crippen molar-refractivity contribution in [2.24, 2.45) is 11.8 Å². The zero-order valence-electron chi connectivity index (χ0n) is 18.8. The number of carbonyl (C=O) groups excluding carboxylic acids is 2. The lowest BCUT2D eigenvalue weighted by molar-refractivity contribution is -0.944. The van der Waals surface area contributed by atoms with Crippen LogP contribution in [0.15, 0.2) is 91.0 Å². The Morgan fingerprint density at radius 3 is 1.52 bits per heavy atom. The minimum Gasteiger partial charge on any atom is -0.370 e. The third-order valence-corrected chi connectivity index (χ3v) is 7.43. The molecule has 168 valence electrons. The van der Waals surface area contributed by atoms with Gasteiger partial charge in [0.2, 0.25) is 0 Å². The van der Waals surface area contributed by atoms with Crippen molar-refractivity contribution in [1.29, 1.82) is 0 Å². The summed E-state index contributed by atoms with van der Waals surface area (Å²) in [5.41, 5.74) is 2.53. The third-order valence-electron chi connectivity index (χ3n) is 7.43. The van der Waals surface area contributed by atoms with Crippen LogP contribution in [-0.2, 0) is 4.74 Å². The fourth-order valence-electron chi connectivity index (χ4n) is 5.78. The summed E-state index contributed by atoms with van der Waals surface area (Å²) in [4.78, 5) is 27.9. The Kier molecular flexibility index (Phi) is 6.21. The van der Waals surface area contributed by atoms with Crippen molar-refractivity contribution in [2.45, 2.75) is 5.92 Å². The molecule has 0 aliphatic carbocycles. The summed E-state index contributed by atoms with van der Waals surface area (Å²) >= 11 is 0. The molecule has 2 saturated heterocycles. The van der Waals surface area contributed by atoms with Crippen molar-refractivity contribution in [3.8, 4) is 0 Å². The van der Waals surface area contributed by atoms with Crippen molar-refractivity contribution >= 4 is 11.6 Å². The van der Waals surface area contributed by atoms with Crippen LogP contribution in [-0.4, -0.2) is 55.4 Å². The molecule has 2 fully saturated rings. The van der Waals surface area contributed by atoms with E-state index in [0.717, 1.165) is 47.4 Å². The number of rotatable bonds is 5. The maximum absolute atomic E-state index is 14.0. The summed E-state index contributed by atoms with van der Waals surface area (Å²) in [6.07, 6.45) is 0. The van der Waals surface area contributed by atoms with Gasteiger partial charge in [0, 0.05) is 17.0 Å². The number of morpholine rings is 1. The molecule has 2 aliphatic heterocycles. The van der Waals surface area contributed by atoms with E-state index in [1.54, 1.807) is 0 Å². The monoisotopic (exact) mass is 440 g/mol. The lowest BCUT2D eigenvalue weighted by Crippen LogP contribution is -2.65. The van der Waals surface area contributed by atoms with E-state index in [9.17, 15) is 9.59 Å². The second-order valence-corrected chi connectivity index (χ2v) is 9.38. The number of Topliss-reactive ketones (excluding diaryl/α,β-unsaturated/α-hetero) is 2. The third kappa shape index (κ3) is 4.41. The summed E-state index contributed by atoms with van der Waals surface area (Å²) in [5.74, 6) is -0.408. The molecular weight excluding hydrogens is 410 g/mol. The standard InChI is InChI=1S/C29H30NO3/c31-28(23-12-6-2-7-13-23)25-20-30(16-18-33-19-17-30)21-26(27(25)22-10-4-1-5-11-22)29(32)24-14-8-3-9-15-24/h1-15,25-27H,16-21H2/q+1. The number of nitrogens with zero attached hydrogens (tertiary/aromatic N) is 1. The van der Waals surface area contributed by atoms with Crippen molar-refractivity contribution in [2.75, 3.05) is 39.4 Å². The SMILES string of the molecule is O=C(c1ccccc1)C1C[N+]2(CCOCC2)CC(C(=O)c2ccccc2)C1c1ccccc1. The zero-order valence-corrected chi connectivity index (χ0v) is 18.8. The number of benzene rings is 3. The maximum Gasteiger partial charge on any atom is 0.172 e. The fraction of sp³-hybridized carbons (Fsp3) is 0.310. The van der Waals surface area contributed by atoms with Gasteiger partial charge in [0.15, 0.2) is 11.6 Å². The van der Waals surface area contributed by atoms with Crippen LogP contribution in [0.25, 0.3) is 0 Å². The van der Waals surface area contributed by atoms with Gasteiger partial charge in [0.05, 0.1) is 38.1 Å². The Bertz CT molecular complexity index is 1030. The lowest BCUT2D eigenvalue weighted by atomic mass is 9.67. The average Bonchev–Trinajstić information content (AvgIpc) is 2.89. The first-order valence-electron chi connectivity index (χ1n) is 11.8. The van der Waals surface area contributed by atoms with E-state index in [4.69, 9.17) is 4.74 Å². The molecule has 3 aromatic carbocycles. The molecule has 0 amide bonds. The number of ether oxygens (including phenoxy) is 1. The smallest absolute Gasteiger partial charge is 0.172 e. The second-order valence-electron chi connectivity index (χ2n) is 9.38. The number of quaternary nitrogens is 1. The molecule has 4 nitrogen and oxygen atoms in total. The molecule has 2 heterocycles. The highest BCUT2D eigenvalue weighted by molar-refractivity contribution is 6.02. The van der Waals surface area contributed by atoms with Crippen molar-refractivity contribution in [3.63, 3.8) is 0 Å². The van der Waals surface area contributed by atoms with E-state index in [2.05, 4.69) is 12.1 Å². The Morgan fingerprint density at radius 2 is 1.06 bits per heavy atom. The number of carbonyl (C=O) groups is 2. The molecule has 0 radical (unpaired) electrons. The van der Waals surface area contributed by atoms with Crippen LogP contribution in [0.5, 0.6) is 0 Å². The molecule has 4 heteroatoms. The molecule has 5 rings (SSSR count). The Labute approximate surface area is 195 Å².